The van der Waals surface area contributed by atoms with Crippen LogP contribution in [0.5, 0.6) is 0 Å². The summed E-state index contributed by atoms with van der Waals surface area (Å²) in [6, 6.07) is 17.3. The molecule has 3 rings (SSSR count). The minimum atomic E-state index is -0.218. The van der Waals surface area contributed by atoms with E-state index >= 15 is 0 Å². The molecule has 0 fully saturated rings. The van der Waals surface area contributed by atoms with Crippen molar-refractivity contribution in [1.82, 2.24) is 5.32 Å². The molecule has 1 aromatic heterocycles. The minimum absolute atomic E-state index is 0.0296. The highest BCUT2D eigenvalue weighted by Crippen LogP contribution is 2.42. The summed E-state index contributed by atoms with van der Waals surface area (Å²) in [4.78, 5) is 15.5. The lowest BCUT2D eigenvalue weighted by Gasteiger charge is -2.20. The molecule has 0 aliphatic heterocycles. The van der Waals surface area contributed by atoms with Gasteiger partial charge >= 0.3 is 0 Å². The van der Waals surface area contributed by atoms with Crippen molar-refractivity contribution in [2.75, 3.05) is 6.54 Å². The van der Waals surface area contributed by atoms with E-state index in [9.17, 15) is 4.79 Å². The Kier molecular flexibility index (Phi) is 9.08. The van der Waals surface area contributed by atoms with Crippen LogP contribution in [0.1, 0.15) is 70.6 Å². The molecular weight excluding hydrogens is 486 g/mol. The van der Waals surface area contributed by atoms with Crippen LogP contribution in [0.15, 0.2) is 63.6 Å². The Labute approximate surface area is 222 Å². The number of nitrogens with two attached hydrogens (primary N) is 1. The number of hydrazone groups is 1. The zero-order chi connectivity index (χ0) is 26.5. The minimum Gasteiger partial charge on any atom is -0.344 e. The first-order valence-corrected chi connectivity index (χ1v) is 13.7. The van der Waals surface area contributed by atoms with Crippen molar-refractivity contribution in [3.63, 3.8) is 0 Å². The van der Waals surface area contributed by atoms with Crippen molar-refractivity contribution in [3.8, 4) is 11.1 Å². The topological polar surface area (TPSA) is 104 Å². The zero-order valence-corrected chi connectivity index (χ0v) is 23.4. The third kappa shape index (κ3) is 6.62. The van der Waals surface area contributed by atoms with Crippen molar-refractivity contribution < 1.29 is 4.79 Å². The molecule has 0 aliphatic rings. The number of aryl methyl sites for hydroxylation is 2. The van der Waals surface area contributed by atoms with Gasteiger partial charge in [0.2, 0.25) is 0 Å². The van der Waals surface area contributed by atoms with Crippen LogP contribution in [0.2, 0.25) is 0 Å². The van der Waals surface area contributed by atoms with E-state index in [1.807, 2.05) is 23.9 Å². The quantitative estimate of drug-likeness (QED) is 0.0709. The maximum absolute atomic E-state index is 12.5. The van der Waals surface area contributed by atoms with Gasteiger partial charge in [-0.25, -0.2) is 5.53 Å². The second-order valence-electron chi connectivity index (χ2n) is 9.82. The molecule has 2 aromatic carbocycles. The fourth-order valence-corrected chi connectivity index (χ4v) is 6.56. The number of rotatable bonds is 8. The average molecular weight is 522 g/mol. The van der Waals surface area contributed by atoms with Crippen LogP contribution in [0.3, 0.4) is 0 Å². The van der Waals surface area contributed by atoms with Gasteiger partial charge in [-0.05, 0) is 77.8 Å². The molecular formula is C28H35N5OS2. The van der Waals surface area contributed by atoms with Crippen molar-refractivity contribution in [2.45, 2.75) is 63.5 Å². The molecule has 4 N–H and O–H groups in total. The van der Waals surface area contributed by atoms with Crippen LogP contribution < -0.4 is 11.2 Å². The Morgan fingerprint density at radius 2 is 1.75 bits per heavy atom. The van der Waals surface area contributed by atoms with E-state index in [1.54, 1.807) is 0 Å². The molecule has 0 spiro atoms. The van der Waals surface area contributed by atoms with Gasteiger partial charge in [0.25, 0.3) is 5.91 Å². The Bertz CT molecular complexity index is 1230. The lowest BCUT2D eigenvalue weighted by atomic mass is 9.85. The standard InChI is InChI=1S/C28H35N5OS2/c1-7-22(23-12-13-24(36-23)27(34)31-16-25(32-29)33-30)35-21-14-17(2)26(18(3)15-21)19-8-10-20(11-9-19)28(4,5)6/h8-15,22,29H,7,16,30H2,1-6H3,(H,31,34)/b32-29?,33-25-. The van der Waals surface area contributed by atoms with E-state index in [4.69, 9.17) is 11.4 Å². The summed E-state index contributed by atoms with van der Waals surface area (Å²) in [5, 5.41) is 9.50. The number of carbonyl (C=O) groups is 1. The SMILES string of the molecule is CCC(Sc1cc(C)c(-c2ccc(C(C)(C)C)cc2)c(C)c1)c1ccc(C(=O)NC/C(N=N)=N/N)s1. The Balaban J connectivity index is 1.76. The van der Waals surface area contributed by atoms with Gasteiger partial charge in [0.1, 0.15) is 0 Å². The van der Waals surface area contributed by atoms with Gasteiger partial charge in [-0.1, -0.05) is 52.0 Å². The Hall–Kier alpha value is -2.97. The molecule has 0 radical (unpaired) electrons. The first-order chi connectivity index (χ1) is 17.1. The largest absolute Gasteiger partial charge is 0.344 e. The molecule has 190 valence electrons. The molecule has 6 nitrogen and oxygen atoms in total. The lowest BCUT2D eigenvalue weighted by Crippen LogP contribution is -2.28. The summed E-state index contributed by atoms with van der Waals surface area (Å²) in [7, 11) is 0. The van der Waals surface area contributed by atoms with Crippen molar-refractivity contribution in [3.05, 3.63) is 75.0 Å². The Morgan fingerprint density at radius 3 is 2.28 bits per heavy atom. The summed E-state index contributed by atoms with van der Waals surface area (Å²) in [6.07, 6.45) is 0.946. The third-order valence-corrected chi connectivity index (χ3v) is 8.77. The zero-order valence-electron chi connectivity index (χ0n) is 21.8. The summed E-state index contributed by atoms with van der Waals surface area (Å²) in [5.41, 5.74) is 13.5. The van der Waals surface area contributed by atoms with E-state index in [0.717, 1.165) is 11.3 Å². The maximum Gasteiger partial charge on any atom is 0.261 e. The van der Waals surface area contributed by atoms with Gasteiger partial charge in [0, 0.05) is 15.0 Å². The van der Waals surface area contributed by atoms with E-state index in [0.29, 0.717) is 4.88 Å². The van der Waals surface area contributed by atoms with Crippen molar-refractivity contribution >= 4 is 34.8 Å². The smallest absolute Gasteiger partial charge is 0.261 e. The number of hydrogen-bond acceptors (Lipinski definition) is 6. The van der Waals surface area contributed by atoms with Gasteiger partial charge < -0.3 is 11.2 Å². The van der Waals surface area contributed by atoms with Crippen LogP contribution in [0.4, 0.5) is 0 Å². The number of thiophene rings is 1. The van der Waals surface area contributed by atoms with E-state index in [-0.39, 0.29) is 29.0 Å². The molecule has 0 bridgehead atoms. The predicted octanol–water partition coefficient (Wildman–Crippen LogP) is 7.61. The van der Waals surface area contributed by atoms with Crippen LogP contribution in [-0.2, 0) is 5.41 Å². The van der Waals surface area contributed by atoms with E-state index < -0.39 is 0 Å². The van der Waals surface area contributed by atoms with Crippen LogP contribution in [0, 0.1) is 19.4 Å². The van der Waals surface area contributed by atoms with Gasteiger partial charge in [0.05, 0.1) is 11.4 Å². The monoisotopic (exact) mass is 521 g/mol. The number of carbonyl (C=O) groups excluding carboxylic acids is 1. The molecule has 1 heterocycles. The molecule has 1 unspecified atom stereocenters. The summed E-state index contributed by atoms with van der Waals surface area (Å²) < 4.78 is 0. The van der Waals surface area contributed by atoms with Crippen LogP contribution in [0.25, 0.3) is 11.1 Å². The van der Waals surface area contributed by atoms with E-state index in [2.05, 4.69) is 93.5 Å². The number of hydrogen-bond donors (Lipinski definition) is 3. The molecule has 0 saturated carbocycles. The number of benzene rings is 2. The predicted molar refractivity (Wildman–Crippen MR) is 152 cm³/mol. The summed E-state index contributed by atoms with van der Waals surface area (Å²) >= 11 is 3.32. The highest BCUT2D eigenvalue weighted by molar-refractivity contribution is 7.99. The normalized spacial score (nSPS) is 12.9. The third-order valence-electron chi connectivity index (χ3n) is 6.05. The Morgan fingerprint density at radius 1 is 1.11 bits per heavy atom. The summed E-state index contributed by atoms with van der Waals surface area (Å²) in [6.45, 7) is 13.3. The fraction of sp³-hybridized carbons (Fsp3) is 0.357. The molecule has 3 aromatic rings. The molecule has 8 heteroatoms. The van der Waals surface area contributed by atoms with Gasteiger partial charge in [-0.2, -0.15) is 5.10 Å². The molecule has 0 saturated heterocycles. The number of amidine groups is 1. The fourth-order valence-electron chi connectivity index (χ4n) is 4.10. The average Bonchev–Trinajstić information content (AvgIpc) is 3.32. The van der Waals surface area contributed by atoms with Crippen molar-refractivity contribution in [2.24, 2.45) is 16.1 Å². The van der Waals surface area contributed by atoms with Gasteiger partial charge in [-0.15, -0.1) is 28.2 Å². The first-order valence-electron chi connectivity index (χ1n) is 12.0. The number of thioether (sulfide) groups is 1. The maximum atomic E-state index is 12.5. The molecule has 36 heavy (non-hydrogen) atoms. The van der Waals surface area contributed by atoms with Gasteiger partial charge in [-0.3, -0.25) is 4.79 Å². The highest BCUT2D eigenvalue weighted by atomic mass is 32.2. The van der Waals surface area contributed by atoms with Crippen LogP contribution >= 0.6 is 23.1 Å². The summed E-state index contributed by atoms with van der Waals surface area (Å²) in [5.74, 6) is 5.00. The number of amides is 1. The van der Waals surface area contributed by atoms with E-state index in [1.165, 1.54) is 44.0 Å². The highest BCUT2D eigenvalue weighted by Gasteiger charge is 2.19. The second kappa shape index (κ2) is 11.8. The first kappa shape index (κ1) is 27.6. The second-order valence-corrected chi connectivity index (χ2v) is 12.2. The number of nitrogens with zero attached hydrogens (tertiary/aromatic N) is 2. The van der Waals surface area contributed by atoms with Crippen LogP contribution in [-0.4, -0.2) is 18.3 Å². The molecule has 0 aliphatic carbocycles. The lowest BCUT2D eigenvalue weighted by molar-refractivity contribution is 0.0963. The number of nitrogens with one attached hydrogen (secondary N) is 2. The molecule has 1 amide bonds. The molecule has 1 atom stereocenters. The van der Waals surface area contributed by atoms with Gasteiger partial charge in [0.15, 0.2) is 5.84 Å². The van der Waals surface area contributed by atoms with Crippen molar-refractivity contribution in [1.29, 1.82) is 5.53 Å².